The molecule has 0 bridgehead atoms. The number of rotatable bonds is 8. The number of methoxy groups -OCH3 is 1. The van der Waals surface area contributed by atoms with E-state index in [1.807, 2.05) is 62.4 Å². The lowest BCUT2D eigenvalue weighted by Crippen LogP contribution is -2.27. The van der Waals surface area contributed by atoms with E-state index in [2.05, 4.69) is 12.2 Å². The molecule has 1 saturated heterocycles. The Morgan fingerprint density at radius 3 is 2.49 bits per heavy atom. The monoisotopic (exact) mass is 532 g/mol. The van der Waals surface area contributed by atoms with Crippen LogP contribution in [-0.4, -0.2) is 29.9 Å². The van der Waals surface area contributed by atoms with E-state index < -0.39 is 0 Å². The number of benzene rings is 3. The van der Waals surface area contributed by atoms with Crippen LogP contribution in [0.4, 0.5) is 11.4 Å². The van der Waals surface area contributed by atoms with Gasteiger partial charge in [-0.25, -0.2) is 0 Å². The Morgan fingerprint density at radius 1 is 1.05 bits per heavy atom. The first-order chi connectivity index (χ1) is 17.8. The summed E-state index contributed by atoms with van der Waals surface area (Å²) in [6, 6.07) is 19.0. The second-order valence-corrected chi connectivity index (χ2v) is 10.3. The third kappa shape index (κ3) is 6.21. The molecule has 0 aliphatic carbocycles. The number of aryl methyl sites for hydroxylation is 3. The summed E-state index contributed by atoms with van der Waals surface area (Å²) in [5.74, 6) is 0.452. The van der Waals surface area contributed by atoms with E-state index in [4.69, 9.17) is 21.7 Å². The van der Waals surface area contributed by atoms with Gasteiger partial charge in [0.15, 0.2) is 22.4 Å². The molecule has 37 heavy (non-hydrogen) atoms. The smallest absolute Gasteiger partial charge is 0.270 e. The molecule has 0 atom stereocenters. The third-order valence-electron chi connectivity index (χ3n) is 5.90. The summed E-state index contributed by atoms with van der Waals surface area (Å²) >= 11 is 6.75. The van der Waals surface area contributed by atoms with Gasteiger partial charge in [-0.05, 0) is 73.4 Å². The lowest BCUT2D eigenvalue weighted by Gasteiger charge is -2.14. The van der Waals surface area contributed by atoms with E-state index in [1.165, 1.54) is 24.4 Å². The van der Waals surface area contributed by atoms with Gasteiger partial charge in [0.2, 0.25) is 0 Å². The van der Waals surface area contributed by atoms with Gasteiger partial charge in [0.25, 0.3) is 11.8 Å². The molecule has 3 aromatic rings. The van der Waals surface area contributed by atoms with Crippen molar-refractivity contribution in [3.8, 4) is 11.5 Å². The summed E-state index contributed by atoms with van der Waals surface area (Å²) < 4.78 is 11.7. The summed E-state index contributed by atoms with van der Waals surface area (Å²) in [7, 11) is 1.53. The number of nitrogens with zero attached hydrogens (tertiary/aromatic N) is 1. The Morgan fingerprint density at radius 2 is 1.81 bits per heavy atom. The van der Waals surface area contributed by atoms with Crippen molar-refractivity contribution < 1.29 is 19.1 Å². The molecule has 8 heteroatoms. The fourth-order valence-corrected chi connectivity index (χ4v) is 5.20. The van der Waals surface area contributed by atoms with E-state index in [0.29, 0.717) is 20.7 Å². The Bertz CT molecular complexity index is 1380. The molecule has 2 amide bonds. The largest absolute Gasteiger partial charge is 0.493 e. The maximum Gasteiger partial charge on any atom is 0.270 e. The predicted molar refractivity (Wildman–Crippen MR) is 155 cm³/mol. The maximum atomic E-state index is 13.1. The number of nitrogens with one attached hydrogen (secondary N) is 1. The van der Waals surface area contributed by atoms with Crippen LogP contribution >= 0.6 is 24.0 Å². The number of amides is 2. The third-order valence-corrected chi connectivity index (χ3v) is 7.20. The molecular formula is C29H28N2O4S2. The van der Waals surface area contributed by atoms with Gasteiger partial charge >= 0.3 is 0 Å². The zero-order valence-electron chi connectivity index (χ0n) is 21.2. The van der Waals surface area contributed by atoms with Gasteiger partial charge in [0.05, 0.1) is 17.7 Å². The molecule has 3 aromatic carbocycles. The van der Waals surface area contributed by atoms with Gasteiger partial charge < -0.3 is 14.8 Å². The molecule has 0 spiro atoms. The van der Waals surface area contributed by atoms with Crippen LogP contribution in [-0.2, 0) is 16.0 Å². The lowest BCUT2D eigenvalue weighted by molar-refractivity contribution is -0.118. The SMILES string of the molecule is CCc1ccc(N2C(=O)/C(=C/c3ccc(OCC(=O)Nc4ccc(C)cc4C)c(OC)c3)SC2=S)cc1. The van der Waals surface area contributed by atoms with Gasteiger partial charge in [0, 0.05) is 5.69 Å². The van der Waals surface area contributed by atoms with Crippen molar-refractivity contribution in [2.45, 2.75) is 27.2 Å². The van der Waals surface area contributed by atoms with Crippen LogP contribution in [0.25, 0.3) is 6.08 Å². The normalized spacial score (nSPS) is 14.3. The zero-order valence-corrected chi connectivity index (χ0v) is 22.8. The molecule has 1 heterocycles. The molecule has 1 aliphatic heterocycles. The van der Waals surface area contributed by atoms with E-state index >= 15 is 0 Å². The Balaban J connectivity index is 1.44. The van der Waals surface area contributed by atoms with Gasteiger partial charge in [-0.1, -0.05) is 66.8 Å². The number of ether oxygens (including phenoxy) is 2. The van der Waals surface area contributed by atoms with E-state index in [-0.39, 0.29) is 18.4 Å². The Kier molecular flexibility index (Phi) is 8.31. The minimum absolute atomic E-state index is 0.165. The number of thiocarbonyl (C=S) groups is 1. The maximum absolute atomic E-state index is 13.1. The molecule has 0 saturated carbocycles. The molecule has 0 unspecified atom stereocenters. The van der Waals surface area contributed by atoms with Crippen molar-refractivity contribution in [2.24, 2.45) is 0 Å². The topological polar surface area (TPSA) is 67.9 Å². The molecule has 6 nitrogen and oxygen atoms in total. The highest BCUT2D eigenvalue weighted by Crippen LogP contribution is 2.37. The standard InChI is InChI=1S/C29H28N2O4S2/c1-5-20-7-10-22(11-8-20)31-28(33)26(37-29(31)36)16-21-9-13-24(25(15-21)34-4)35-17-27(32)30-23-12-6-18(2)14-19(23)3/h6-16H,5,17H2,1-4H3,(H,30,32)/b26-16-. The molecule has 1 aliphatic rings. The highest BCUT2D eigenvalue weighted by molar-refractivity contribution is 8.27. The minimum Gasteiger partial charge on any atom is -0.493 e. The van der Waals surface area contributed by atoms with Crippen molar-refractivity contribution in [1.82, 2.24) is 0 Å². The molecule has 1 N–H and O–H groups in total. The van der Waals surface area contributed by atoms with Gasteiger partial charge in [0.1, 0.15) is 0 Å². The number of hydrogen-bond acceptors (Lipinski definition) is 6. The Labute approximate surface area is 226 Å². The zero-order chi connectivity index (χ0) is 26.5. The second-order valence-electron chi connectivity index (χ2n) is 8.60. The van der Waals surface area contributed by atoms with Gasteiger partial charge in [-0.15, -0.1) is 0 Å². The molecule has 190 valence electrons. The number of anilines is 2. The first-order valence-corrected chi connectivity index (χ1v) is 13.1. The summed E-state index contributed by atoms with van der Waals surface area (Å²) in [5.41, 5.74) is 5.57. The minimum atomic E-state index is -0.270. The van der Waals surface area contributed by atoms with E-state index in [1.54, 1.807) is 23.1 Å². The van der Waals surface area contributed by atoms with Crippen molar-refractivity contribution >= 4 is 57.6 Å². The second kappa shape index (κ2) is 11.6. The van der Waals surface area contributed by atoms with Gasteiger partial charge in [-0.3, -0.25) is 14.5 Å². The molecule has 1 fully saturated rings. The summed E-state index contributed by atoms with van der Waals surface area (Å²) in [6.07, 6.45) is 2.70. The van der Waals surface area contributed by atoms with Crippen molar-refractivity contribution in [3.63, 3.8) is 0 Å². The summed E-state index contributed by atoms with van der Waals surface area (Å²) in [4.78, 5) is 27.6. The van der Waals surface area contributed by atoms with Gasteiger partial charge in [-0.2, -0.15) is 0 Å². The van der Waals surface area contributed by atoms with Crippen LogP contribution < -0.4 is 19.7 Å². The fourth-order valence-electron chi connectivity index (χ4n) is 3.90. The van der Waals surface area contributed by atoms with Crippen molar-refractivity contribution in [2.75, 3.05) is 23.9 Å². The predicted octanol–water partition coefficient (Wildman–Crippen LogP) is 6.30. The quantitative estimate of drug-likeness (QED) is 0.271. The Hall–Kier alpha value is -3.62. The van der Waals surface area contributed by atoms with Crippen LogP contribution in [0.5, 0.6) is 11.5 Å². The lowest BCUT2D eigenvalue weighted by atomic mass is 10.1. The number of thioether (sulfide) groups is 1. The molecule has 4 rings (SSSR count). The number of carbonyl (C=O) groups excluding carboxylic acids is 2. The van der Waals surface area contributed by atoms with Crippen LogP contribution in [0.15, 0.2) is 65.6 Å². The average molecular weight is 533 g/mol. The van der Waals surface area contributed by atoms with Crippen molar-refractivity contribution in [3.05, 3.63) is 87.8 Å². The molecule has 0 aromatic heterocycles. The van der Waals surface area contributed by atoms with E-state index in [0.717, 1.165) is 34.5 Å². The van der Waals surface area contributed by atoms with Crippen LogP contribution in [0, 0.1) is 13.8 Å². The highest BCUT2D eigenvalue weighted by atomic mass is 32.2. The summed E-state index contributed by atoms with van der Waals surface area (Å²) in [5, 5.41) is 2.87. The van der Waals surface area contributed by atoms with E-state index in [9.17, 15) is 9.59 Å². The van der Waals surface area contributed by atoms with Crippen LogP contribution in [0.3, 0.4) is 0 Å². The first kappa shape index (κ1) is 26.4. The summed E-state index contributed by atoms with van der Waals surface area (Å²) in [6.45, 7) is 5.87. The average Bonchev–Trinajstić information content (AvgIpc) is 3.17. The molecular weight excluding hydrogens is 504 g/mol. The molecule has 0 radical (unpaired) electrons. The van der Waals surface area contributed by atoms with Crippen LogP contribution in [0.1, 0.15) is 29.2 Å². The fraction of sp³-hybridized carbons (Fsp3) is 0.207. The number of hydrogen-bond donors (Lipinski definition) is 1. The highest BCUT2D eigenvalue weighted by Gasteiger charge is 2.33. The first-order valence-electron chi connectivity index (χ1n) is 11.8. The number of carbonyl (C=O) groups is 2. The van der Waals surface area contributed by atoms with Crippen molar-refractivity contribution in [1.29, 1.82) is 0 Å². The van der Waals surface area contributed by atoms with Crippen LogP contribution in [0.2, 0.25) is 0 Å².